The van der Waals surface area contributed by atoms with Crippen molar-refractivity contribution < 1.29 is 13.9 Å². The zero-order chi connectivity index (χ0) is 18.4. The number of ether oxygens (including phenoxy) is 1. The first-order valence-electron chi connectivity index (χ1n) is 7.48. The Bertz CT molecular complexity index is 906. The number of aromatic nitrogens is 2. The van der Waals surface area contributed by atoms with Crippen LogP contribution in [0.3, 0.4) is 0 Å². The molecule has 1 aromatic heterocycles. The van der Waals surface area contributed by atoms with Crippen LogP contribution in [0.2, 0.25) is 5.02 Å². The molecular formula is C17H13BrClN3O3S. The van der Waals surface area contributed by atoms with Gasteiger partial charge >= 0.3 is 0 Å². The standard InChI is InChI=1S/C17H13BrClN3O3S/c18-11-4-3-5-12(8-11)20-15(23)10-26-17-22-21-16(25-17)9-24-14-7-2-1-6-13(14)19/h1-8H,9-10H2,(H,20,23). The molecule has 0 aliphatic heterocycles. The van der Waals surface area contributed by atoms with Crippen LogP contribution >= 0.6 is 39.3 Å². The summed E-state index contributed by atoms with van der Waals surface area (Å²) in [5.74, 6) is 0.828. The molecule has 1 amide bonds. The predicted molar refractivity (Wildman–Crippen MR) is 104 cm³/mol. The van der Waals surface area contributed by atoms with E-state index in [9.17, 15) is 4.79 Å². The molecular weight excluding hydrogens is 442 g/mol. The smallest absolute Gasteiger partial charge is 0.277 e. The minimum absolute atomic E-state index is 0.0987. The van der Waals surface area contributed by atoms with Crippen molar-refractivity contribution in [3.05, 3.63) is 63.9 Å². The normalized spacial score (nSPS) is 10.5. The van der Waals surface area contributed by atoms with E-state index in [-0.39, 0.29) is 18.3 Å². The lowest BCUT2D eigenvalue weighted by Crippen LogP contribution is -2.13. The summed E-state index contributed by atoms with van der Waals surface area (Å²) in [5, 5.41) is 11.4. The van der Waals surface area contributed by atoms with E-state index >= 15 is 0 Å². The van der Waals surface area contributed by atoms with Gasteiger partial charge in [-0.15, -0.1) is 10.2 Å². The van der Waals surface area contributed by atoms with Gasteiger partial charge in [-0.05, 0) is 30.3 Å². The highest BCUT2D eigenvalue weighted by atomic mass is 79.9. The molecule has 0 radical (unpaired) electrons. The number of thioether (sulfide) groups is 1. The minimum Gasteiger partial charge on any atom is -0.482 e. The largest absolute Gasteiger partial charge is 0.482 e. The van der Waals surface area contributed by atoms with Crippen LogP contribution in [0.5, 0.6) is 5.75 Å². The van der Waals surface area contributed by atoms with Gasteiger partial charge in [0.15, 0.2) is 6.61 Å². The van der Waals surface area contributed by atoms with Crippen LogP contribution in [-0.2, 0) is 11.4 Å². The number of hydrogen-bond donors (Lipinski definition) is 1. The molecule has 0 saturated heterocycles. The fourth-order valence-electron chi connectivity index (χ4n) is 1.95. The summed E-state index contributed by atoms with van der Waals surface area (Å²) in [7, 11) is 0. The van der Waals surface area contributed by atoms with Crippen LogP contribution in [0, 0.1) is 0 Å². The van der Waals surface area contributed by atoms with Crippen LogP contribution in [0.15, 0.2) is 62.6 Å². The molecule has 3 rings (SSSR count). The molecule has 0 spiro atoms. The van der Waals surface area contributed by atoms with Crippen molar-refractivity contribution in [1.29, 1.82) is 0 Å². The fraction of sp³-hybridized carbons (Fsp3) is 0.118. The third-order valence-corrected chi connectivity index (χ3v) is 4.70. The van der Waals surface area contributed by atoms with Crippen molar-refractivity contribution in [1.82, 2.24) is 10.2 Å². The highest BCUT2D eigenvalue weighted by molar-refractivity contribution is 9.10. The summed E-state index contributed by atoms with van der Waals surface area (Å²) in [6.45, 7) is 0.0987. The zero-order valence-electron chi connectivity index (χ0n) is 13.3. The average Bonchev–Trinajstić information content (AvgIpc) is 3.07. The minimum atomic E-state index is -0.167. The maximum Gasteiger partial charge on any atom is 0.277 e. The van der Waals surface area contributed by atoms with Crippen molar-refractivity contribution in [2.24, 2.45) is 0 Å². The molecule has 0 unspecified atom stereocenters. The van der Waals surface area contributed by atoms with E-state index < -0.39 is 0 Å². The second-order valence-corrected chi connectivity index (χ2v) is 7.28. The summed E-state index contributed by atoms with van der Waals surface area (Å²) in [6.07, 6.45) is 0. The number of carbonyl (C=O) groups excluding carboxylic acids is 1. The Morgan fingerprint density at radius 1 is 1.23 bits per heavy atom. The lowest BCUT2D eigenvalue weighted by Gasteiger charge is -2.04. The molecule has 134 valence electrons. The van der Waals surface area contributed by atoms with E-state index in [2.05, 4.69) is 31.4 Å². The number of rotatable bonds is 7. The zero-order valence-corrected chi connectivity index (χ0v) is 16.5. The van der Waals surface area contributed by atoms with Crippen LogP contribution in [0.4, 0.5) is 5.69 Å². The molecule has 1 N–H and O–H groups in total. The molecule has 3 aromatic rings. The quantitative estimate of drug-likeness (QED) is 0.517. The van der Waals surface area contributed by atoms with E-state index in [1.54, 1.807) is 12.1 Å². The Hall–Kier alpha value is -2.03. The Labute approximate surface area is 167 Å². The Balaban J connectivity index is 1.47. The number of carbonyl (C=O) groups is 1. The van der Waals surface area contributed by atoms with E-state index in [1.165, 1.54) is 0 Å². The lowest BCUT2D eigenvalue weighted by molar-refractivity contribution is -0.113. The third kappa shape index (κ3) is 5.48. The average molecular weight is 455 g/mol. The van der Waals surface area contributed by atoms with Crippen molar-refractivity contribution in [2.45, 2.75) is 11.8 Å². The molecule has 0 aliphatic rings. The number of hydrogen-bond acceptors (Lipinski definition) is 6. The van der Waals surface area contributed by atoms with Crippen LogP contribution < -0.4 is 10.1 Å². The summed E-state index contributed by atoms with van der Waals surface area (Å²) < 4.78 is 11.9. The van der Waals surface area contributed by atoms with Crippen molar-refractivity contribution in [2.75, 3.05) is 11.1 Å². The monoisotopic (exact) mass is 453 g/mol. The molecule has 0 fully saturated rings. The number of halogens is 2. The second kappa shape index (κ2) is 9.07. The molecule has 0 aliphatic carbocycles. The van der Waals surface area contributed by atoms with Crippen molar-refractivity contribution >= 4 is 50.9 Å². The van der Waals surface area contributed by atoms with Crippen LogP contribution in [0.1, 0.15) is 5.89 Å². The molecule has 9 heteroatoms. The van der Waals surface area contributed by atoms with Crippen molar-refractivity contribution in [3.63, 3.8) is 0 Å². The van der Waals surface area contributed by atoms with Gasteiger partial charge < -0.3 is 14.5 Å². The van der Waals surface area contributed by atoms with Gasteiger partial charge in [0, 0.05) is 10.2 Å². The Morgan fingerprint density at radius 2 is 2.08 bits per heavy atom. The van der Waals surface area contributed by atoms with Gasteiger partial charge in [0.2, 0.25) is 5.91 Å². The Morgan fingerprint density at radius 3 is 2.88 bits per heavy atom. The first kappa shape index (κ1) is 18.8. The molecule has 26 heavy (non-hydrogen) atoms. The SMILES string of the molecule is O=C(CSc1nnc(COc2ccccc2Cl)o1)Nc1cccc(Br)c1. The van der Waals surface area contributed by atoms with Crippen LogP contribution in [-0.4, -0.2) is 21.9 Å². The van der Waals surface area contributed by atoms with Gasteiger partial charge in [-0.3, -0.25) is 4.79 Å². The maximum absolute atomic E-state index is 12.0. The number of anilines is 1. The van der Waals surface area contributed by atoms with Crippen molar-refractivity contribution in [3.8, 4) is 5.75 Å². The van der Waals surface area contributed by atoms with Gasteiger partial charge in [-0.2, -0.15) is 0 Å². The topological polar surface area (TPSA) is 77.2 Å². The highest BCUT2D eigenvalue weighted by Crippen LogP contribution is 2.24. The van der Waals surface area contributed by atoms with E-state index in [4.69, 9.17) is 20.8 Å². The summed E-state index contributed by atoms with van der Waals surface area (Å²) in [4.78, 5) is 12.0. The van der Waals surface area contributed by atoms with Crippen LogP contribution in [0.25, 0.3) is 0 Å². The number of nitrogens with one attached hydrogen (secondary N) is 1. The molecule has 0 bridgehead atoms. The molecule has 1 heterocycles. The molecule has 2 aromatic carbocycles. The predicted octanol–water partition coefficient (Wildman–Crippen LogP) is 4.80. The van der Waals surface area contributed by atoms with Gasteiger partial charge in [0.05, 0.1) is 10.8 Å². The van der Waals surface area contributed by atoms with Gasteiger partial charge in [0.1, 0.15) is 5.75 Å². The van der Waals surface area contributed by atoms with Gasteiger partial charge in [-0.25, -0.2) is 0 Å². The third-order valence-electron chi connectivity index (χ3n) is 3.07. The van der Waals surface area contributed by atoms with E-state index in [0.29, 0.717) is 27.6 Å². The van der Waals surface area contributed by atoms with E-state index in [0.717, 1.165) is 16.2 Å². The summed E-state index contributed by atoms with van der Waals surface area (Å²) in [6, 6.07) is 14.5. The number of nitrogens with zero attached hydrogens (tertiary/aromatic N) is 2. The van der Waals surface area contributed by atoms with Gasteiger partial charge in [0.25, 0.3) is 11.1 Å². The van der Waals surface area contributed by atoms with E-state index in [1.807, 2.05) is 36.4 Å². The summed E-state index contributed by atoms with van der Waals surface area (Å²) >= 11 is 10.5. The Kier molecular flexibility index (Phi) is 6.54. The fourth-order valence-corrected chi connectivity index (χ4v) is 3.12. The molecule has 0 saturated carbocycles. The number of para-hydroxylation sites is 1. The maximum atomic E-state index is 12.0. The highest BCUT2D eigenvalue weighted by Gasteiger charge is 2.11. The molecule has 6 nitrogen and oxygen atoms in total. The summed E-state index contributed by atoms with van der Waals surface area (Å²) in [5.41, 5.74) is 0.712. The first-order valence-corrected chi connectivity index (χ1v) is 9.64. The molecule has 0 atom stereocenters. The second-order valence-electron chi connectivity index (χ2n) is 5.03. The lowest BCUT2D eigenvalue weighted by atomic mass is 10.3. The van der Waals surface area contributed by atoms with Gasteiger partial charge in [-0.1, -0.05) is 57.5 Å². The first-order chi connectivity index (χ1) is 12.6. The number of amides is 1. The number of benzene rings is 2.